The molecular weight excluding hydrogens is 278 g/mol. The predicted molar refractivity (Wildman–Crippen MR) is 64.2 cm³/mol. The van der Waals surface area contributed by atoms with E-state index in [1.54, 1.807) is 11.4 Å². The van der Waals surface area contributed by atoms with E-state index >= 15 is 0 Å². The fourth-order valence-electron chi connectivity index (χ4n) is 0.903. The molecule has 15 heavy (non-hydrogen) atoms. The van der Waals surface area contributed by atoms with Crippen LogP contribution in [-0.4, -0.2) is 18.2 Å². The Morgan fingerprint density at radius 3 is 2.67 bits per heavy atom. The third kappa shape index (κ3) is 3.76. The van der Waals surface area contributed by atoms with Crippen molar-refractivity contribution in [2.24, 2.45) is 5.92 Å². The molecule has 0 fully saturated rings. The van der Waals surface area contributed by atoms with Gasteiger partial charge in [-0.15, -0.1) is 11.3 Å². The number of hydrogen-bond donors (Lipinski definition) is 1. The zero-order chi connectivity index (χ0) is 11.4. The Morgan fingerprint density at radius 1 is 1.53 bits per heavy atom. The van der Waals surface area contributed by atoms with Gasteiger partial charge in [-0.3, -0.25) is 9.59 Å². The van der Waals surface area contributed by atoms with Crippen molar-refractivity contribution in [2.45, 2.75) is 13.8 Å². The van der Waals surface area contributed by atoms with Gasteiger partial charge in [0.15, 0.2) is 5.78 Å². The standard InChI is InChI=1S/C10H12BrNO2S/c1-6(2)8(13)4-12-10(14)7-3-9(11)15-5-7/h3,5-6H,4H2,1-2H3,(H,12,14). The summed E-state index contributed by atoms with van der Waals surface area (Å²) in [6, 6.07) is 1.74. The normalized spacial score (nSPS) is 10.4. The Kier molecular flexibility index (Phi) is 4.47. The lowest BCUT2D eigenvalue weighted by atomic mass is 10.1. The molecule has 1 aromatic rings. The lowest BCUT2D eigenvalue weighted by Crippen LogP contribution is -2.31. The first-order chi connectivity index (χ1) is 7.00. The molecule has 0 aliphatic carbocycles. The fourth-order valence-corrected chi connectivity index (χ4v) is 2.04. The van der Waals surface area contributed by atoms with E-state index < -0.39 is 0 Å². The van der Waals surface area contributed by atoms with Crippen LogP contribution in [0.15, 0.2) is 15.2 Å². The lowest BCUT2D eigenvalue weighted by Gasteiger charge is -2.05. The second-order valence-electron chi connectivity index (χ2n) is 3.44. The number of carbonyl (C=O) groups excluding carboxylic acids is 2. The maximum absolute atomic E-state index is 11.5. The van der Waals surface area contributed by atoms with Crippen LogP contribution in [0.4, 0.5) is 0 Å². The summed E-state index contributed by atoms with van der Waals surface area (Å²) < 4.78 is 0.905. The number of hydrogen-bond acceptors (Lipinski definition) is 3. The molecule has 1 aromatic heterocycles. The van der Waals surface area contributed by atoms with E-state index in [0.29, 0.717) is 5.56 Å². The van der Waals surface area contributed by atoms with Gasteiger partial charge >= 0.3 is 0 Å². The second kappa shape index (κ2) is 5.42. The first-order valence-corrected chi connectivity index (χ1v) is 6.23. The van der Waals surface area contributed by atoms with E-state index in [0.717, 1.165) is 3.79 Å². The summed E-state index contributed by atoms with van der Waals surface area (Å²) in [5.41, 5.74) is 0.587. The number of rotatable bonds is 4. The molecule has 0 radical (unpaired) electrons. The smallest absolute Gasteiger partial charge is 0.252 e. The molecule has 0 saturated carbocycles. The minimum Gasteiger partial charge on any atom is -0.345 e. The molecular formula is C10H12BrNO2S. The van der Waals surface area contributed by atoms with Crippen molar-refractivity contribution in [1.82, 2.24) is 5.32 Å². The van der Waals surface area contributed by atoms with Crippen LogP contribution in [0, 0.1) is 5.92 Å². The zero-order valence-corrected chi connectivity index (χ0v) is 10.9. The largest absolute Gasteiger partial charge is 0.345 e. The second-order valence-corrected chi connectivity index (χ2v) is 5.73. The van der Waals surface area contributed by atoms with Crippen molar-refractivity contribution in [3.8, 4) is 0 Å². The third-order valence-corrected chi connectivity index (χ3v) is 3.40. The highest BCUT2D eigenvalue weighted by molar-refractivity contribution is 9.11. The number of thiophene rings is 1. The molecule has 1 rings (SSSR count). The summed E-state index contributed by atoms with van der Waals surface area (Å²) in [5, 5.41) is 4.34. The van der Waals surface area contributed by atoms with Crippen molar-refractivity contribution in [1.29, 1.82) is 0 Å². The average Bonchev–Trinajstić information content (AvgIpc) is 2.60. The van der Waals surface area contributed by atoms with Gasteiger partial charge in [-0.1, -0.05) is 13.8 Å². The van der Waals surface area contributed by atoms with Crippen molar-refractivity contribution in [3.63, 3.8) is 0 Å². The number of halogens is 1. The fraction of sp³-hybridized carbons (Fsp3) is 0.400. The molecule has 5 heteroatoms. The molecule has 0 aliphatic rings. The Bertz CT molecular complexity index is 373. The summed E-state index contributed by atoms with van der Waals surface area (Å²) in [7, 11) is 0. The molecule has 0 atom stereocenters. The van der Waals surface area contributed by atoms with Crippen LogP contribution >= 0.6 is 27.3 Å². The maximum atomic E-state index is 11.5. The summed E-state index contributed by atoms with van der Waals surface area (Å²) in [4.78, 5) is 22.8. The molecule has 1 amide bonds. The van der Waals surface area contributed by atoms with Crippen molar-refractivity contribution >= 4 is 39.0 Å². The van der Waals surface area contributed by atoms with Crippen LogP contribution in [0.1, 0.15) is 24.2 Å². The third-order valence-electron chi connectivity index (χ3n) is 1.90. The van der Waals surface area contributed by atoms with E-state index in [9.17, 15) is 9.59 Å². The van der Waals surface area contributed by atoms with E-state index in [1.807, 2.05) is 13.8 Å². The number of amides is 1. The number of ketones is 1. The van der Waals surface area contributed by atoms with Crippen LogP contribution in [-0.2, 0) is 4.79 Å². The first-order valence-electron chi connectivity index (χ1n) is 4.55. The topological polar surface area (TPSA) is 46.2 Å². The molecule has 0 unspecified atom stereocenters. The van der Waals surface area contributed by atoms with E-state index in [-0.39, 0.29) is 24.2 Å². The van der Waals surface area contributed by atoms with E-state index in [2.05, 4.69) is 21.2 Å². The van der Waals surface area contributed by atoms with Crippen molar-refractivity contribution < 1.29 is 9.59 Å². The highest BCUT2D eigenvalue weighted by atomic mass is 79.9. The molecule has 0 bridgehead atoms. The quantitative estimate of drug-likeness (QED) is 0.926. The van der Waals surface area contributed by atoms with Crippen LogP contribution in [0.2, 0.25) is 0 Å². The Labute approximate surface area is 101 Å². The highest BCUT2D eigenvalue weighted by Gasteiger charge is 2.11. The number of Topliss-reactive ketones (excluding diaryl/α,β-unsaturated/α-hetero) is 1. The van der Waals surface area contributed by atoms with Crippen molar-refractivity contribution in [3.05, 3.63) is 20.8 Å². The van der Waals surface area contributed by atoms with Gasteiger partial charge in [0, 0.05) is 11.3 Å². The van der Waals surface area contributed by atoms with Gasteiger partial charge < -0.3 is 5.32 Å². The SMILES string of the molecule is CC(C)C(=O)CNC(=O)c1csc(Br)c1. The summed E-state index contributed by atoms with van der Waals surface area (Å²) in [5.74, 6) is -0.205. The minimum absolute atomic E-state index is 0.0395. The lowest BCUT2D eigenvalue weighted by molar-refractivity contribution is -0.120. The molecule has 0 saturated heterocycles. The predicted octanol–water partition coefficient (Wildman–Crippen LogP) is 2.47. The van der Waals surface area contributed by atoms with Crippen LogP contribution in [0.25, 0.3) is 0 Å². The van der Waals surface area contributed by atoms with Gasteiger partial charge in [-0.2, -0.15) is 0 Å². The van der Waals surface area contributed by atoms with Gasteiger partial charge in [-0.25, -0.2) is 0 Å². The number of carbonyl (C=O) groups is 2. The Morgan fingerprint density at radius 2 is 2.20 bits per heavy atom. The maximum Gasteiger partial charge on any atom is 0.252 e. The molecule has 1 heterocycles. The Hall–Kier alpha value is -0.680. The van der Waals surface area contributed by atoms with Crippen LogP contribution in [0.3, 0.4) is 0 Å². The molecule has 3 nitrogen and oxygen atoms in total. The molecule has 0 spiro atoms. The van der Waals surface area contributed by atoms with Gasteiger partial charge in [0.05, 0.1) is 15.9 Å². The zero-order valence-electron chi connectivity index (χ0n) is 8.54. The van der Waals surface area contributed by atoms with E-state index in [4.69, 9.17) is 0 Å². The van der Waals surface area contributed by atoms with E-state index in [1.165, 1.54) is 11.3 Å². The highest BCUT2D eigenvalue weighted by Crippen LogP contribution is 2.20. The van der Waals surface area contributed by atoms with Gasteiger partial charge in [0.2, 0.25) is 0 Å². The summed E-state index contributed by atoms with van der Waals surface area (Å²) >= 11 is 4.72. The molecule has 0 aliphatic heterocycles. The number of nitrogens with one attached hydrogen (secondary N) is 1. The summed E-state index contributed by atoms with van der Waals surface area (Å²) in [6.07, 6.45) is 0. The average molecular weight is 290 g/mol. The monoisotopic (exact) mass is 289 g/mol. The first kappa shape index (κ1) is 12.4. The van der Waals surface area contributed by atoms with Gasteiger partial charge in [-0.05, 0) is 22.0 Å². The molecule has 0 aromatic carbocycles. The molecule has 1 N–H and O–H groups in total. The molecule has 82 valence electrons. The van der Waals surface area contributed by atoms with Crippen LogP contribution < -0.4 is 5.32 Å². The summed E-state index contributed by atoms with van der Waals surface area (Å²) in [6.45, 7) is 3.73. The van der Waals surface area contributed by atoms with Crippen LogP contribution in [0.5, 0.6) is 0 Å². The van der Waals surface area contributed by atoms with Crippen molar-refractivity contribution in [2.75, 3.05) is 6.54 Å². The minimum atomic E-state index is -0.203. The van der Waals surface area contributed by atoms with Gasteiger partial charge in [0.1, 0.15) is 0 Å². The van der Waals surface area contributed by atoms with Gasteiger partial charge in [0.25, 0.3) is 5.91 Å². The Balaban J connectivity index is 2.47.